The molecule has 0 saturated carbocycles. The largest absolute Gasteiger partial charge is 0.462 e. The molecule has 0 amide bonds. The van der Waals surface area contributed by atoms with Crippen LogP contribution in [0.25, 0.3) is 0 Å². The van der Waals surface area contributed by atoms with Gasteiger partial charge in [0.05, 0.1) is 73.0 Å². The molecule has 0 aliphatic heterocycles. The quantitative estimate of drug-likeness (QED) is 0.0346. The van der Waals surface area contributed by atoms with Crippen LogP contribution in [0.2, 0.25) is 0 Å². The lowest BCUT2D eigenvalue weighted by Crippen LogP contribution is -2.32. The van der Waals surface area contributed by atoms with E-state index in [1.165, 1.54) is 270 Å². The Labute approximate surface area is 666 Å². The summed E-state index contributed by atoms with van der Waals surface area (Å²) in [5.74, 6) is -6.62. The second-order valence-electron chi connectivity index (χ2n) is 32.4. The van der Waals surface area contributed by atoms with Crippen LogP contribution in [-0.2, 0) is 28.4 Å². The maximum Gasteiger partial charge on any atom is 0.339 e. The molecule has 0 bridgehead atoms. The van der Waals surface area contributed by atoms with Crippen molar-refractivity contribution >= 4 is 35.8 Å². The lowest BCUT2D eigenvalue weighted by Gasteiger charge is -2.23. The maximum absolute atomic E-state index is 15.5. The number of esters is 6. The zero-order chi connectivity index (χ0) is 78.3. The number of hydrogen-bond acceptors (Lipinski definition) is 12. The third-order valence-corrected chi connectivity index (χ3v) is 22.1. The minimum Gasteiger partial charge on any atom is -0.462 e. The summed E-state index contributed by atoms with van der Waals surface area (Å²) >= 11 is 0. The van der Waals surface area contributed by atoms with E-state index in [-0.39, 0.29) is 39.6 Å². The normalized spacial score (nSPS) is 11.4. The molecule has 0 spiro atoms. The second-order valence-corrected chi connectivity index (χ2v) is 32.4. The Morgan fingerprint density at radius 3 is 0.287 bits per heavy atom. The van der Waals surface area contributed by atoms with E-state index in [0.717, 1.165) is 154 Å². The van der Waals surface area contributed by atoms with Gasteiger partial charge in [-0.05, 0) is 38.5 Å². The van der Waals surface area contributed by atoms with Crippen molar-refractivity contribution in [3.8, 4) is 0 Å². The Kier molecular flexibility index (Phi) is 75.3. The van der Waals surface area contributed by atoms with E-state index in [2.05, 4.69) is 41.5 Å². The van der Waals surface area contributed by atoms with Crippen LogP contribution in [0.3, 0.4) is 0 Å². The highest BCUT2D eigenvalue weighted by Gasteiger charge is 2.44. The van der Waals surface area contributed by atoms with Crippen molar-refractivity contribution in [3.05, 3.63) is 33.4 Å². The van der Waals surface area contributed by atoms with Crippen LogP contribution in [-0.4, -0.2) is 75.5 Å². The SMILES string of the molecule is CCCCCCCCCCCCCCOC(=O)c1c(C(=O)OCCCCCCCCCCCCCC)c(C(=O)OCCCCCCCCCCCCCC)c(C(=O)OCCCCCCCCCCCCCC)c(C(=O)OCCCCCCCCCCCCCC)c1C(=O)OCCCCCCCCCCCCCC. The molecule has 0 heterocycles. The van der Waals surface area contributed by atoms with Gasteiger partial charge in [0, 0.05) is 0 Å². The van der Waals surface area contributed by atoms with Crippen LogP contribution in [0.1, 0.15) is 566 Å². The molecule has 0 fully saturated rings. The van der Waals surface area contributed by atoms with Crippen molar-refractivity contribution in [2.45, 2.75) is 504 Å². The number of unbranched alkanes of at least 4 members (excludes halogenated alkanes) is 66. The molecule has 0 aliphatic rings. The Hall–Kier alpha value is -3.96. The van der Waals surface area contributed by atoms with E-state index in [4.69, 9.17) is 28.4 Å². The maximum atomic E-state index is 15.5. The monoisotopic (exact) mass is 1520 g/mol. The predicted molar refractivity (Wildman–Crippen MR) is 455 cm³/mol. The molecule has 0 unspecified atom stereocenters. The average Bonchev–Trinajstić information content (AvgIpc) is 0.731. The van der Waals surface area contributed by atoms with Crippen LogP contribution in [0, 0.1) is 0 Å². The summed E-state index contributed by atoms with van der Waals surface area (Å²) in [6, 6.07) is 0. The topological polar surface area (TPSA) is 158 Å². The number of carbonyl (C=O) groups excluding carboxylic acids is 6. The minimum atomic E-state index is -1.10. The third kappa shape index (κ3) is 58.0. The number of carbonyl (C=O) groups is 6. The van der Waals surface area contributed by atoms with Gasteiger partial charge in [0.25, 0.3) is 0 Å². The summed E-state index contributed by atoms with van der Waals surface area (Å²) < 4.78 is 37.0. The molecule has 630 valence electrons. The molecule has 12 nitrogen and oxygen atoms in total. The van der Waals surface area contributed by atoms with Crippen molar-refractivity contribution in [1.29, 1.82) is 0 Å². The summed E-state index contributed by atoms with van der Waals surface area (Å²) in [4.78, 5) is 93.2. The number of rotatable bonds is 84. The molecular formula is C96H174O12. The van der Waals surface area contributed by atoms with Gasteiger partial charge in [0.15, 0.2) is 0 Å². The molecule has 108 heavy (non-hydrogen) atoms. The highest BCUT2D eigenvalue weighted by atomic mass is 16.6. The van der Waals surface area contributed by atoms with E-state index in [9.17, 15) is 0 Å². The van der Waals surface area contributed by atoms with Crippen molar-refractivity contribution in [2.75, 3.05) is 39.6 Å². The third-order valence-electron chi connectivity index (χ3n) is 22.1. The molecule has 0 saturated heterocycles. The van der Waals surface area contributed by atoms with Gasteiger partial charge >= 0.3 is 35.8 Å². The summed E-state index contributed by atoms with van der Waals surface area (Å²) in [7, 11) is 0. The van der Waals surface area contributed by atoms with E-state index < -0.39 is 69.2 Å². The second kappa shape index (κ2) is 79.7. The number of ether oxygens (including phenoxy) is 6. The molecule has 0 radical (unpaired) electrons. The van der Waals surface area contributed by atoms with Crippen molar-refractivity contribution in [3.63, 3.8) is 0 Å². The molecule has 1 rings (SSSR count). The minimum absolute atomic E-state index is 0.0583. The summed E-state index contributed by atoms with van der Waals surface area (Å²) in [5, 5.41) is 0. The first-order valence-electron chi connectivity index (χ1n) is 47.4. The summed E-state index contributed by atoms with van der Waals surface area (Å²) in [6.07, 6.45) is 79.3. The predicted octanol–water partition coefficient (Wildman–Crippen LogP) is 30.8. The van der Waals surface area contributed by atoms with Crippen LogP contribution in [0.5, 0.6) is 0 Å². The fourth-order valence-electron chi connectivity index (χ4n) is 15.1. The number of benzene rings is 1. The molecule has 0 aliphatic carbocycles. The van der Waals surface area contributed by atoms with Crippen LogP contribution in [0.4, 0.5) is 0 Å². The molecule has 12 heteroatoms. The van der Waals surface area contributed by atoms with Gasteiger partial charge in [-0.2, -0.15) is 0 Å². The van der Waals surface area contributed by atoms with Crippen LogP contribution in [0.15, 0.2) is 0 Å². The van der Waals surface area contributed by atoms with Crippen molar-refractivity contribution < 1.29 is 57.2 Å². The van der Waals surface area contributed by atoms with Gasteiger partial charge in [0.2, 0.25) is 0 Å². The van der Waals surface area contributed by atoms with E-state index in [1.54, 1.807) is 0 Å². The molecule has 1 aromatic carbocycles. The van der Waals surface area contributed by atoms with Crippen molar-refractivity contribution in [2.24, 2.45) is 0 Å². The summed E-state index contributed by atoms with van der Waals surface area (Å²) in [5.41, 5.74) is -3.91. The molecule has 1 aromatic rings. The highest BCUT2D eigenvalue weighted by molar-refractivity contribution is 6.24. The Balaban J connectivity index is 4.11. The first-order chi connectivity index (χ1) is 53.2. The lowest BCUT2D eigenvalue weighted by atomic mass is 9.85. The smallest absolute Gasteiger partial charge is 0.339 e. The molecule has 0 aromatic heterocycles. The average molecular weight is 1520 g/mol. The molecule has 0 atom stereocenters. The fourth-order valence-corrected chi connectivity index (χ4v) is 15.1. The molecule has 0 N–H and O–H groups in total. The zero-order valence-corrected chi connectivity index (χ0v) is 72.1. The zero-order valence-electron chi connectivity index (χ0n) is 72.1. The van der Waals surface area contributed by atoms with E-state index in [1.807, 2.05) is 0 Å². The standard InChI is InChI=1S/C96H174O12/c1-7-13-19-25-31-37-43-49-55-61-67-73-79-103-91(97)85-86(92(98)104-80-74-68-62-56-50-44-38-32-26-20-14-8-2)88(94(100)106-82-76-70-64-58-52-46-40-34-28-22-16-10-4)90(96(102)108-84-78-72-66-60-54-48-42-36-30-24-18-12-6)89(95(101)107-83-77-71-65-59-53-47-41-35-29-23-17-11-5)87(85)93(99)105-81-75-69-63-57-51-45-39-33-27-21-15-9-3/h7-84H2,1-6H3. The Morgan fingerprint density at radius 2 is 0.204 bits per heavy atom. The fraction of sp³-hybridized carbons (Fsp3) is 0.875. The lowest BCUT2D eigenvalue weighted by molar-refractivity contribution is 0.0385. The Morgan fingerprint density at radius 1 is 0.130 bits per heavy atom. The van der Waals surface area contributed by atoms with Gasteiger partial charge in [-0.3, -0.25) is 0 Å². The summed E-state index contributed by atoms with van der Waals surface area (Å²) in [6.45, 7) is 13.1. The first kappa shape index (κ1) is 102. The highest BCUT2D eigenvalue weighted by Crippen LogP contribution is 2.35. The molecular weight excluding hydrogens is 1350 g/mol. The van der Waals surface area contributed by atoms with Gasteiger partial charge in [-0.15, -0.1) is 0 Å². The van der Waals surface area contributed by atoms with E-state index >= 15 is 28.8 Å². The van der Waals surface area contributed by atoms with Gasteiger partial charge in [0.1, 0.15) is 0 Å². The number of hydrogen-bond donors (Lipinski definition) is 0. The Bertz CT molecular complexity index is 1830. The first-order valence-corrected chi connectivity index (χ1v) is 47.4. The van der Waals surface area contributed by atoms with Crippen LogP contribution < -0.4 is 0 Å². The van der Waals surface area contributed by atoms with Gasteiger partial charge in [-0.1, -0.05) is 465 Å². The van der Waals surface area contributed by atoms with Crippen LogP contribution >= 0.6 is 0 Å². The van der Waals surface area contributed by atoms with E-state index in [0.29, 0.717) is 38.5 Å². The van der Waals surface area contributed by atoms with Crippen molar-refractivity contribution in [1.82, 2.24) is 0 Å². The van der Waals surface area contributed by atoms with Gasteiger partial charge in [-0.25, -0.2) is 28.8 Å². The van der Waals surface area contributed by atoms with Gasteiger partial charge < -0.3 is 28.4 Å².